The first-order chi connectivity index (χ1) is 9.51. The molecule has 2 unspecified atom stereocenters. The lowest BCUT2D eigenvalue weighted by molar-refractivity contribution is -0.143. The molecule has 0 spiro atoms. The van der Waals surface area contributed by atoms with Crippen LogP contribution in [0.2, 0.25) is 0 Å². The molecule has 0 bridgehead atoms. The van der Waals surface area contributed by atoms with Crippen molar-refractivity contribution in [2.45, 2.75) is 45.8 Å². The Kier molecular flexibility index (Phi) is 7.54. The van der Waals surface area contributed by atoms with Crippen molar-refractivity contribution < 1.29 is 19.1 Å². The molecule has 1 rings (SSSR count). The van der Waals surface area contributed by atoms with E-state index in [-0.39, 0.29) is 24.1 Å². The lowest BCUT2D eigenvalue weighted by atomic mass is 10.2. The van der Waals surface area contributed by atoms with Gasteiger partial charge in [-0.05, 0) is 27.2 Å². The fourth-order valence-electron chi connectivity index (χ4n) is 2.37. The second-order valence-electron chi connectivity index (χ2n) is 5.21. The first-order valence-corrected chi connectivity index (χ1v) is 7.31. The molecule has 0 aliphatic carbocycles. The van der Waals surface area contributed by atoms with E-state index < -0.39 is 0 Å². The number of carbonyl (C=O) groups is 2. The summed E-state index contributed by atoms with van der Waals surface area (Å²) in [4.78, 5) is 25.0. The van der Waals surface area contributed by atoms with Gasteiger partial charge in [0.15, 0.2) is 0 Å². The van der Waals surface area contributed by atoms with Gasteiger partial charge in [-0.1, -0.05) is 0 Å². The van der Waals surface area contributed by atoms with Gasteiger partial charge in [0, 0.05) is 26.1 Å². The Morgan fingerprint density at radius 2 is 1.95 bits per heavy atom. The molecule has 1 fully saturated rings. The molecule has 1 saturated heterocycles. The highest BCUT2D eigenvalue weighted by atomic mass is 16.5. The summed E-state index contributed by atoms with van der Waals surface area (Å²) in [5.74, 6) is -0.215. The van der Waals surface area contributed by atoms with Crippen LogP contribution in [0.3, 0.4) is 0 Å². The molecule has 1 heterocycles. The van der Waals surface area contributed by atoms with Crippen molar-refractivity contribution in [3.05, 3.63) is 0 Å². The van der Waals surface area contributed by atoms with Crippen molar-refractivity contribution in [1.29, 1.82) is 0 Å². The van der Waals surface area contributed by atoms with E-state index >= 15 is 0 Å². The molecule has 0 aromatic rings. The quantitative estimate of drug-likeness (QED) is 0.547. The van der Waals surface area contributed by atoms with Crippen LogP contribution in [-0.2, 0) is 19.1 Å². The van der Waals surface area contributed by atoms with Crippen molar-refractivity contribution in [2.75, 3.05) is 32.8 Å². The van der Waals surface area contributed by atoms with E-state index in [9.17, 15) is 9.59 Å². The highest BCUT2D eigenvalue weighted by Gasteiger charge is 2.23. The minimum Gasteiger partial charge on any atom is -0.466 e. The van der Waals surface area contributed by atoms with Gasteiger partial charge in [-0.25, -0.2) is 0 Å². The fourth-order valence-corrected chi connectivity index (χ4v) is 2.37. The molecule has 116 valence electrons. The first kappa shape index (κ1) is 16.9. The lowest BCUT2D eigenvalue weighted by Crippen LogP contribution is -2.49. The van der Waals surface area contributed by atoms with Crippen molar-refractivity contribution in [3.8, 4) is 0 Å². The topological polar surface area (TPSA) is 67.9 Å². The minimum absolute atomic E-state index is 0.00448. The third kappa shape index (κ3) is 6.86. The normalized spacial score (nSPS) is 23.4. The van der Waals surface area contributed by atoms with Gasteiger partial charge in [-0.15, -0.1) is 0 Å². The Hall–Kier alpha value is -1.14. The van der Waals surface area contributed by atoms with Crippen LogP contribution in [0.25, 0.3) is 0 Å². The summed E-state index contributed by atoms with van der Waals surface area (Å²) in [6.07, 6.45) is 1.28. The number of hydrogen-bond acceptors (Lipinski definition) is 5. The summed E-state index contributed by atoms with van der Waals surface area (Å²) in [6, 6.07) is 0. The van der Waals surface area contributed by atoms with E-state index in [1.54, 1.807) is 6.92 Å². The van der Waals surface area contributed by atoms with Crippen LogP contribution >= 0.6 is 0 Å². The molecular formula is C14H26N2O4. The smallest absolute Gasteiger partial charge is 0.305 e. The van der Waals surface area contributed by atoms with Crippen LogP contribution < -0.4 is 5.32 Å². The number of morpholine rings is 1. The molecule has 0 aromatic heterocycles. The van der Waals surface area contributed by atoms with Crippen LogP contribution in [0.15, 0.2) is 0 Å². The zero-order valence-corrected chi connectivity index (χ0v) is 12.7. The van der Waals surface area contributed by atoms with Crippen LogP contribution in [0, 0.1) is 0 Å². The molecule has 0 saturated carbocycles. The van der Waals surface area contributed by atoms with Gasteiger partial charge in [0.2, 0.25) is 5.91 Å². The van der Waals surface area contributed by atoms with Crippen molar-refractivity contribution >= 4 is 11.9 Å². The fraction of sp³-hybridized carbons (Fsp3) is 0.857. The molecule has 6 heteroatoms. The van der Waals surface area contributed by atoms with Gasteiger partial charge in [-0.3, -0.25) is 14.5 Å². The molecule has 1 amide bonds. The van der Waals surface area contributed by atoms with Gasteiger partial charge < -0.3 is 14.8 Å². The third-order valence-corrected chi connectivity index (χ3v) is 3.05. The molecule has 20 heavy (non-hydrogen) atoms. The molecule has 1 aliphatic rings. The van der Waals surface area contributed by atoms with Crippen LogP contribution in [0.4, 0.5) is 0 Å². The highest BCUT2D eigenvalue weighted by Crippen LogP contribution is 2.09. The number of nitrogens with one attached hydrogen (secondary N) is 1. The first-order valence-electron chi connectivity index (χ1n) is 7.31. The number of rotatable bonds is 7. The summed E-state index contributed by atoms with van der Waals surface area (Å²) in [7, 11) is 0. The summed E-state index contributed by atoms with van der Waals surface area (Å²) in [5, 5.41) is 2.83. The third-order valence-electron chi connectivity index (χ3n) is 3.05. The number of amides is 1. The summed E-state index contributed by atoms with van der Waals surface area (Å²) >= 11 is 0. The average Bonchev–Trinajstić information content (AvgIpc) is 2.33. The molecule has 1 aliphatic heterocycles. The van der Waals surface area contributed by atoms with Crippen molar-refractivity contribution in [2.24, 2.45) is 0 Å². The Morgan fingerprint density at radius 3 is 2.55 bits per heavy atom. The zero-order valence-electron chi connectivity index (χ0n) is 12.7. The van der Waals surface area contributed by atoms with Crippen LogP contribution in [0.1, 0.15) is 33.6 Å². The van der Waals surface area contributed by atoms with Gasteiger partial charge in [-0.2, -0.15) is 0 Å². The van der Waals surface area contributed by atoms with E-state index in [0.29, 0.717) is 32.5 Å². The molecule has 6 nitrogen and oxygen atoms in total. The molecule has 0 radical (unpaired) electrons. The van der Waals surface area contributed by atoms with E-state index in [2.05, 4.69) is 10.2 Å². The second kappa shape index (κ2) is 8.92. The highest BCUT2D eigenvalue weighted by molar-refractivity contribution is 5.78. The molecule has 1 N–H and O–H groups in total. The van der Waals surface area contributed by atoms with E-state index in [1.165, 1.54) is 0 Å². The van der Waals surface area contributed by atoms with Crippen LogP contribution in [0.5, 0.6) is 0 Å². The maximum absolute atomic E-state index is 11.8. The van der Waals surface area contributed by atoms with Crippen LogP contribution in [-0.4, -0.2) is 61.8 Å². The number of nitrogens with zero attached hydrogens (tertiary/aromatic N) is 1. The Morgan fingerprint density at radius 1 is 1.30 bits per heavy atom. The molecule has 0 aromatic carbocycles. The Balaban J connectivity index is 2.12. The van der Waals surface area contributed by atoms with Crippen molar-refractivity contribution in [3.63, 3.8) is 0 Å². The number of esters is 1. The maximum atomic E-state index is 11.8. The predicted octanol–water partition coefficient (Wildman–Crippen LogP) is 0.555. The average molecular weight is 286 g/mol. The number of carbonyl (C=O) groups excluding carboxylic acids is 2. The predicted molar refractivity (Wildman–Crippen MR) is 75.3 cm³/mol. The van der Waals surface area contributed by atoms with Crippen molar-refractivity contribution in [1.82, 2.24) is 10.2 Å². The lowest BCUT2D eigenvalue weighted by Gasteiger charge is -2.34. The van der Waals surface area contributed by atoms with E-state index in [0.717, 1.165) is 13.1 Å². The van der Waals surface area contributed by atoms with Gasteiger partial charge >= 0.3 is 5.97 Å². The van der Waals surface area contributed by atoms with E-state index in [4.69, 9.17) is 9.47 Å². The van der Waals surface area contributed by atoms with Gasteiger partial charge in [0.05, 0.1) is 25.4 Å². The Labute approximate surface area is 120 Å². The zero-order chi connectivity index (χ0) is 15.0. The molecular weight excluding hydrogens is 260 g/mol. The largest absolute Gasteiger partial charge is 0.466 e. The SMILES string of the molecule is CCOC(=O)CCCNC(=O)CN1CC(C)OC(C)C1. The minimum atomic E-state index is -0.211. The number of ether oxygens (including phenoxy) is 2. The monoisotopic (exact) mass is 286 g/mol. The van der Waals surface area contributed by atoms with E-state index in [1.807, 2.05) is 13.8 Å². The second-order valence-corrected chi connectivity index (χ2v) is 5.21. The van der Waals surface area contributed by atoms with Gasteiger partial charge in [0.25, 0.3) is 0 Å². The summed E-state index contributed by atoms with van der Waals surface area (Å²) in [6.45, 7) is 8.66. The number of hydrogen-bond donors (Lipinski definition) is 1. The Bertz CT molecular complexity index is 312. The standard InChI is InChI=1S/C14H26N2O4/c1-4-19-14(18)6-5-7-15-13(17)10-16-8-11(2)20-12(3)9-16/h11-12H,4-10H2,1-3H3,(H,15,17). The maximum Gasteiger partial charge on any atom is 0.305 e. The summed E-state index contributed by atoms with van der Waals surface area (Å²) in [5.41, 5.74) is 0. The van der Waals surface area contributed by atoms with Gasteiger partial charge in [0.1, 0.15) is 0 Å². The summed E-state index contributed by atoms with van der Waals surface area (Å²) < 4.78 is 10.4. The molecule has 2 atom stereocenters.